The smallest absolute Gasteiger partial charge is 0.338 e. The van der Waals surface area contributed by atoms with Gasteiger partial charge in [0, 0.05) is 18.1 Å². The van der Waals surface area contributed by atoms with E-state index < -0.39 is 17.9 Å². The summed E-state index contributed by atoms with van der Waals surface area (Å²) in [6.07, 6.45) is -4.88. The first kappa shape index (κ1) is 14.9. The standard InChI is InChI=1S/C11H10BrF4NO/c1-17(10(18)11(14,15)16)5-4-7-6-8(12)2-3-9(7)13/h2-3,6H,4-5H2,1H3. The van der Waals surface area contributed by atoms with Gasteiger partial charge < -0.3 is 4.90 Å². The van der Waals surface area contributed by atoms with E-state index in [0.29, 0.717) is 9.37 Å². The Morgan fingerprint density at radius 3 is 2.56 bits per heavy atom. The maximum absolute atomic E-state index is 13.3. The van der Waals surface area contributed by atoms with E-state index in [-0.39, 0.29) is 18.5 Å². The summed E-state index contributed by atoms with van der Waals surface area (Å²) in [5, 5.41) is 0. The van der Waals surface area contributed by atoms with Crippen LogP contribution >= 0.6 is 15.9 Å². The molecule has 1 amide bonds. The predicted octanol–water partition coefficient (Wildman–Crippen LogP) is 3.15. The van der Waals surface area contributed by atoms with Gasteiger partial charge in [-0.15, -0.1) is 0 Å². The summed E-state index contributed by atoms with van der Waals surface area (Å²) < 4.78 is 50.2. The molecule has 0 aliphatic rings. The Morgan fingerprint density at radius 2 is 2.00 bits per heavy atom. The van der Waals surface area contributed by atoms with Crippen molar-refractivity contribution in [2.45, 2.75) is 12.6 Å². The molecule has 0 N–H and O–H groups in total. The summed E-state index contributed by atoms with van der Waals surface area (Å²) in [5.41, 5.74) is 0.256. The zero-order chi connectivity index (χ0) is 13.9. The quantitative estimate of drug-likeness (QED) is 0.781. The fraction of sp³-hybridized carbons (Fsp3) is 0.364. The highest BCUT2D eigenvalue weighted by molar-refractivity contribution is 9.10. The fourth-order valence-corrected chi connectivity index (χ4v) is 1.75. The molecule has 2 nitrogen and oxygen atoms in total. The minimum atomic E-state index is -4.90. The molecule has 1 rings (SSSR count). The lowest BCUT2D eigenvalue weighted by Gasteiger charge is -2.18. The van der Waals surface area contributed by atoms with Gasteiger partial charge in [0.1, 0.15) is 5.82 Å². The summed E-state index contributed by atoms with van der Waals surface area (Å²) in [6.45, 7) is -0.203. The zero-order valence-electron chi connectivity index (χ0n) is 9.39. The number of hydrogen-bond acceptors (Lipinski definition) is 1. The van der Waals surface area contributed by atoms with Crippen molar-refractivity contribution < 1.29 is 22.4 Å². The maximum Gasteiger partial charge on any atom is 0.471 e. The van der Waals surface area contributed by atoms with Gasteiger partial charge >= 0.3 is 12.1 Å². The number of halogens is 5. The number of amides is 1. The summed E-state index contributed by atoms with van der Waals surface area (Å²) in [4.78, 5) is 11.4. The molecule has 0 bridgehead atoms. The van der Waals surface area contributed by atoms with Gasteiger partial charge in [0.05, 0.1) is 0 Å². The van der Waals surface area contributed by atoms with E-state index in [4.69, 9.17) is 0 Å². The molecule has 0 fully saturated rings. The fourth-order valence-electron chi connectivity index (χ4n) is 1.34. The lowest BCUT2D eigenvalue weighted by atomic mass is 10.1. The van der Waals surface area contributed by atoms with Gasteiger partial charge in [0.25, 0.3) is 0 Å². The lowest BCUT2D eigenvalue weighted by Crippen LogP contribution is -2.39. The van der Waals surface area contributed by atoms with Gasteiger partial charge in [0.2, 0.25) is 0 Å². The molecule has 100 valence electrons. The molecule has 0 heterocycles. The van der Waals surface area contributed by atoms with Crippen LogP contribution in [-0.2, 0) is 11.2 Å². The van der Waals surface area contributed by atoms with Crippen molar-refractivity contribution >= 4 is 21.8 Å². The number of carbonyl (C=O) groups excluding carboxylic acids is 1. The van der Waals surface area contributed by atoms with Crippen LogP contribution in [0, 0.1) is 5.82 Å². The molecule has 0 saturated carbocycles. The van der Waals surface area contributed by atoms with E-state index in [1.807, 2.05) is 0 Å². The number of carbonyl (C=O) groups is 1. The minimum Gasteiger partial charge on any atom is -0.338 e. The van der Waals surface area contributed by atoms with E-state index >= 15 is 0 Å². The molecule has 7 heteroatoms. The van der Waals surface area contributed by atoms with Crippen LogP contribution in [0.25, 0.3) is 0 Å². The highest BCUT2D eigenvalue weighted by atomic mass is 79.9. The van der Waals surface area contributed by atoms with E-state index in [1.54, 1.807) is 0 Å². The van der Waals surface area contributed by atoms with Crippen LogP contribution in [0.3, 0.4) is 0 Å². The Hall–Kier alpha value is -1.11. The number of alkyl halides is 3. The number of rotatable bonds is 3. The zero-order valence-corrected chi connectivity index (χ0v) is 11.0. The van der Waals surface area contributed by atoms with Crippen molar-refractivity contribution in [3.8, 4) is 0 Å². The summed E-state index contributed by atoms with van der Waals surface area (Å²) in [6, 6.07) is 4.18. The highest BCUT2D eigenvalue weighted by Gasteiger charge is 2.40. The van der Waals surface area contributed by atoms with E-state index in [1.165, 1.54) is 18.2 Å². The van der Waals surface area contributed by atoms with Crippen LogP contribution < -0.4 is 0 Å². The van der Waals surface area contributed by atoms with Crippen LogP contribution in [0.1, 0.15) is 5.56 Å². The first-order chi connectivity index (χ1) is 8.21. The summed E-state index contributed by atoms with van der Waals surface area (Å²) in [5.74, 6) is -2.44. The van der Waals surface area contributed by atoms with Crippen LogP contribution in [-0.4, -0.2) is 30.6 Å². The third kappa shape index (κ3) is 3.97. The van der Waals surface area contributed by atoms with Crippen LogP contribution in [0.4, 0.5) is 17.6 Å². The molecule has 1 aromatic rings. The molecule has 18 heavy (non-hydrogen) atoms. The van der Waals surface area contributed by atoms with Crippen molar-refractivity contribution in [3.63, 3.8) is 0 Å². The normalized spacial score (nSPS) is 11.4. The summed E-state index contributed by atoms with van der Waals surface area (Å²) in [7, 11) is 1.03. The molecule has 0 aromatic heterocycles. The second-order valence-corrected chi connectivity index (χ2v) is 4.63. The predicted molar refractivity (Wildman–Crippen MR) is 61.5 cm³/mol. The number of nitrogens with zero attached hydrogens (tertiary/aromatic N) is 1. The van der Waals surface area contributed by atoms with Crippen molar-refractivity contribution in [3.05, 3.63) is 34.1 Å². The molecule has 0 aliphatic carbocycles. The first-order valence-electron chi connectivity index (χ1n) is 4.98. The third-order valence-corrected chi connectivity index (χ3v) is 2.81. The molecule has 0 spiro atoms. The molecular formula is C11H10BrF4NO. The Kier molecular flexibility index (Phi) is 4.72. The molecule has 0 unspecified atom stereocenters. The van der Waals surface area contributed by atoms with Gasteiger partial charge in [-0.1, -0.05) is 15.9 Å². The van der Waals surface area contributed by atoms with Crippen LogP contribution in [0.15, 0.2) is 22.7 Å². The topological polar surface area (TPSA) is 20.3 Å². The SMILES string of the molecule is CN(CCc1cc(Br)ccc1F)C(=O)C(F)(F)F. The van der Waals surface area contributed by atoms with Gasteiger partial charge in [-0.3, -0.25) is 4.79 Å². The van der Waals surface area contributed by atoms with Crippen molar-refractivity contribution in [2.75, 3.05) is 13.6 Å². The average molecular weight is 328 g/mol. The van der Waals surface area contributed by atoms with Gasteiger partial charge in [-0.2, -0.15) is 13.2 Å². The van der Waals surface area contributed by atoms with E-state index in [9.17, 15) is 22.4 Å². The van der Waals surface area contributed by atoms with Crippen molar-refractivity contribution in [2.24, 2.45) is 0 Å². The largest absolute Gasteiger partial charge is 0.471 e. The number of benzene rings is 1. The second-order valence-electron chi connectivity index (χ2n) is 3.71. The minimum absolute atomic E-state index is 0.0175. The Morgan fingerprint density at radius 1 is 1.39 bits per heavy atom. The van der Waals surface area contributed by atoms with E-state index in [0.717, 1.165) is 7.05 Å². The summed E-state index contributed by atoms with van der Waals surface area (Å²) >= 11 is 3.14. The highest BCUT2D eigenvalue weighted by Crippen LogP contribution is 2.19. The van der Waals surface area contributed by atoms with Gasteiger partial charge in [-0.05, 0) is 30.2 Å². The first-order valence-corrected chi connectivity index (χ1v) is 5.77. The van der Waals surface area contributed by atoms with Crippen molar-refractivity contribution in [1.29, 1.82) is 0 Å². The third-order valence-electron chi connectivity index (χ3n) is 2.31. The van der Waals surface area contributed by atoms with E-state index in [2.05, 4.69) is 15.9 Å². The van der Waals surface area contributed by atoms with Gasteiger partial charge in [0.15, 0.2) is 0 Å². The number of likely N-dealkylation sites (N-methyl/N-ethyl adjacent to an activating group) is 1. The molecule has 0 atom stereocenters. The van der Waals surface area contributed by atoms with Gasteiger partial charge in [-0.25, -0.2) is 4.39 Å². The Bertz CT molecular complexity index is 447. The Balaban J connectivity index is 2.65. The lowest BCUT2D eigenvalue weighted by molar-refractivity contribution is -0.184. The number of hydrogen-bond donors (Lipinski definition) is 0. The van der Waals surface area contributed by atoms with Crippen LogP contribution in [0.2, 0.25) is 0 Å². The monoisotopic (exact) mass is 327 g/mol. The van der Waals surface area contributed by atoms with Crippen molar-refractivity contribution in [1.82, 2.24) is 4.90 Å². The Labute approximate surface area is 110 Å². The average Bonchev–Trinajstić information content (AvgIpc) is 2.27. The molecular weight excluding hydrogens is 318 g/mol. The molecule has 0 saturated heterocycles. The maximum atomic E-state index is 13.3. The molecule has 0 radical (unpaired) electrons. The molecule has 0 aliphatic heterocycles. The second kappa shape index (κ2) is 5.69. The molecule has 1 aromatic carbocycles. The van der Waals surface area contributed by atoms with Crippen LogP contribution in [0.5, 0.6) is 0 Å².